The van der Waals surface area contributed by atoms with Gasteiger partial charge in [0.1, 0.15) is 5.60 Å². The Morgan fingerprint density at radius 3 is 2.62 bits per heavy atom. The second kappa shape index (κ2) is 5.96. The number of carbonyl (C=O) groups excluding carboxylic acids is 1. The van der Waals surface area contributed by atoms with Gasteiger partial charge in [-0.3, -0.25) is 0 Å². The molecule has 0 spiro atoms. The van der Waals surface area contributed by atoms with Gasteiger partial charge in [0.05, 0.1) is 0 Å². The van der Waals surface area contributed by atoms with Crippen LogP contribution < -0.4 is 5.32 Å². The summed E-state index contributed by atoms with van der Waals surface area (Å²) < 4.78 is 5.46. The van der Waals surface area contributed by atoms with Gasteiger partial charge in [0.2, 0.25) is 0 Å². The first-order valence-corrected chi connectivity index (χ1v) is 7.61. The minimum Gasteiger partial charge on any atom is -0.444 e. The van der Waals surface area contributed by atoms with Gasteiger partial charge in [-0.2, -0.15) is 0 Å². The first kappa shape index (κ1) is 15.7. The Labute approximate surface area is 127 Å². The molecule has 0 saturated carbocycles. The molecule has 1 N–H and O–H groups in total. The molecule has 1 aliphatic rings. The lowest BCUT2D eigenvalue weighted by Gasteiger charge is -2.31. The van der Waals surface area contributed by atoms with Crippen LogP contribution in [0.5, 0.6) is 0 Å². The monoisotopic (exact) mass is 290 g/mol. The lowest BCUT2D eigenvalue weighted by atomic mass is 9.99. The minimum atomic E-state index is -0.446. The first-order chi connectivity index (χ1) is 9.74. The molecule has 0 radical (unpaired) electrons. The molecule has 1 aliphatic heterocycles. The Kier molecular flexibility index (Phi) is 4.45. The zero-order chi connectivity index (χ0) is 15.6. The number of fused-ring (bicyclic) bond motifs is 1. The van der Waals surface area contributed by atoms with Crippen molar-refractivity contribution < 1.29 is 9.53 Å². The van der Waals surface area contributed by atoms with Crippen molar-refractivity contribution in [3.63, 3.8) is 0 Å². The van der Waals surface area contributed by atoms with Crippen LogP contribution in [0.15, 0.2) is 18.2 Å². The molecule has 0 saturated heterocycles. The van der Waals surface area contributed by atoms with Gasteiger partial charge in [-0.15, -0.1) is 0 Å². The topological polar surface area (TPSA) is 41.6 Å². The lowest BCUT2D eigenvalue weighted by molar-refractivity contribution is 0.0224. The maximum atomic E-state index is 12.2. The maximum absolute atomic E-state index is 12.2. The van der Waals surface area contributed by atoms with Crippen molar-refractivity contribution in [3.8, 4) is 0 Å². The quantitative estimate of drug-likeness (QED) is 0.900. The average Bonchev–Trinajstić information content (AvgIpc) is 2.35. The van der Waals surface area contributed by atoms with Crippen molar-refractivity contribution in [2.75, 3.05) is 11.9 Å². The molecule has 0 aliphatic carbocycles. The number of nitrogens with zero attached hydrogens (tertiary/aromatic N) is 1. The molecule has 1 heterocycles. The Morgan fingerprint density at radius 2 is 2.00 bits per heavy atom. The Hall–Kier alpha value is -1.71. The normalized spacial score (nSPS) is 14.9. The van der Waals surface area contributed by atoms with Crippen molar-refractivity contribution in [2.24, 2.45) is 0 Å². The number of amides is 1. The summed E-state index contributed by atoms with van der Waals surface area (Å²) in [7, 11) is 0. The number of hydrogen-bond acceptors (Lipinski definition) is 3. The molecule has 116 valence electrons. The van der Waals surface area contributed by atoms with E-state index >= 15 is 0 Å². The molecule has 1 aromatic carbocycles. The van der Waals surface area contributed by atoms with Gasteiger partial charge in [-0.25, -0.2) is 4.79 Å². The second-order valence-corrected chi connectivity index (χ2v) is 6.93. The summed E-state index contributed by atoms with van der Waals surface area (Å²) in [6.45, 7) is 11.3. The summed E-state index contributed by atoms with van der Waals surface area (Å²) >= 11 is 0. The molecule has 4 heteroatoms. The molecule has 0 unspecified atom stereocenters. The van der Waals surface area contributed by atoms with E-state index in [9.17, 15) is 4.79 Å². The fourth-order valence-electron chi connectivity index (χ4n) is 2.46. The van der Waals surface area contributed by atoms with Crippen LogP contribution in [0, 0.1) is 0 Å². The zero-order valence-corrected chi connectivity index (χ0v) is 13.7. The van der Waals surface area contributed by atoms with E-state index in [1.807, 2.05) is 20.8 Å². The van der Waals surface area contributed by atoms with E-state index in [2.05, 4.69) is 37.4 Å². The van der Waals surface area contributed by atoms with Crippen LogP contribution in [0.2, 0.25) is 0 Å². The van der Waals surface area contributed by atoms with Gasteiger partial charge in [0.15, 0.2) is 0 Å². The summed E-state index contributed by atoms with van der Waals surface area (Å²) in [6.07, 6.45) is 0.659. The van der Waals surface area contributed by atoms with Crippen LogP contribution >= 0.6 is 0 Å². The average molecular weight is 290 g/mol. The maximum Gasteiger partial charge on any atom is 0.410 e. The van der Waals surface area contributed by atoms with Crippen LogP contribution in [0.3, 0.4) is 0 Å². The Morgan fingerprint density at radius 1 is 1.29 bits per heavy atom. The van der Waals surface area contributed by atoms with Crippen LogP contribution in [-0.4, -0.2) is 29.2 Å². The van der Waals surface area contributed by atoms with Crippen LogP contribution in [0.25, 0.3) is 0 Å². The number of benzene rings is 1. The molecule has 1 amide bonds. The molecule has 21 heavy (non-hydrogen) atoms. The van der Waals surface area contributed by atoms with Crippen molar-refractivity contribution in [1.29, 1.82) is 0 Å². The number of rotatable bonds is 2. The van der Waals surface area contributed by atoms with Crippen molar-refractivity contribution in [2.45, 2.75) is 59.2 Å². The molecular formula is C17H26N2O2. The minimum absolute atomic E-state index is 0.227. The van der Waals surface area contributed by atoms with Gasteiger partial charge in [0.25, 0.3) is 0 Å². The standard InChI is InChI=1S/C17H26N2O2/c1-12(2)18-15-7-6-13-8-9-19(11-14(13)10-15)16(20)21-17(3,4)5/h6-7,10,12,18H,8-9,11H2,1-5H3. The predicted molar refractivity (Wildman–Crippen MR) is 85.5 cm³/mol. The van der Waals surface area contributed by atoms with Crippen LogP contribution in [0.4, 0.5) is 10.5 Å². The summed E-state index contributed by atoms with van der Waals surface area (Å²) in [6, 6.07) is 6.81. The third-order valence-corrected chi connectivity index (χ3v) is 3.33. The summed E-state index contributed by atoms with van der Waals surface area (Å²) in [5.41, 5.74) is 3.19. The number of ether oxygens (including phenoxy) is 1. The molecule has 2 rings (SSSR count). The van der Waals surface area contributed by atoms with E-state index in [-0.39, 0.29) is 6.09 Å². The third kappa shape index (κ3) is 4.38. The van der Waals surface area contributed by atoms with E-state index in [0.717, 1.165) is 18.7 Å². The van der Waals surface area contributed by atoms with Crippen molar-refractivity contribution in [1.82, 2.24) is 4.90 Å². The second-order valence-electron chi connectivity index (χ2n) is 6.93. The van der Waals surface area contributed by atoms with E-state index < -0.39 is 5.60 Å². The predicted octanol–water partition coefficient (Wildman–Crippen LogP) is 3.80. The highest BCUT2D eigenvalue weighted by Crippen LogP contribution is 2.24. The van der Waals surface area contributed by atoms with Gasteiger partial charge in [0, 0.05) is 24.8 Å². The highest BCUT2D eigenvalue weighted by atomic mass is 16.6. The van der Waals surface area contributed by atoms with Crippen molar-refractivity contribution >= 4 is 11.8 Å². The molecule has 0 atom stereocenters. The van der Waals surface area contributed by atoms with Crippen LogP contribution in [-0.2, 0) is 17.7 Å². The summed E-state index contributed by atoms with van der Waals surface area (Å²) in [5, 5.41) is 3.40. The number of anilines is 1. The highest BCUT2D eigenvalue weighted by molar-refractivity contribution is 5.69. The van der Waals surface area contributed by atoms with Gasteiger partial charge >= 0.3 is 6.09 Å². The van der Waals surface area contributed by atoms with E-state index in [0.29, 0.717) is 12.6 Å². The molecular weight excluding hydrogens is 264 g/mol. The Bertz CT molecular complexity index is 518. The van der Waals surface area contributed by atoms with Gasteiger partial charge in [-0.05, 0) is 64.3 Å². The van der Waals surface area contributed by atoms with Gasteiger partial charge in [-0.1, -0.05) is 6.07 Å². The summed E-state index contributed by atoms with van der Waals surface area (Å²) in [5.74, 6) is 0. The third-order valence-electron chi connectivity index (χ3n) is 3.33. The largest absolute Gasteiger partial charge is 0.444 e. The molecule has 4 nitrogen and oxygen atoms in total. The molecule has 1 aromatic rings. The van der Waals surface area contributed by atoms with Gasteiger partial charge < -0.3 is 15.0 Å². The first-order valence-electron chi connectivity index (χ1n) is 7.61. The molecule has 0 bridgehead atoms. The van der Waals surface area contributed by atoms with Crippen LogP contribution in [0.1, 0.15) is 45.7 Å². The SMILES string of the molecule is CC(C)Nc1ccc2c(c1)CN(C(=O)OC(C)(C)C)CC2. The number of hydrogen-bond donors (Lipinski definition) is 1. The Balaban J connectivity index is 2.09. The number of nitrogens with one attached hydrogen (secondary N) is 1. The fraction of sp³-hybridized carbons (Fsp3) is 0.588. The van der Waals surface area contributed by atoms with E-state index in [4.69, 9.17) is 4.74 Å². The van der Waals surface area contributed by atoms with Crippen molar-refractivity contribution in [3.05, 3.63) is 29.3 Å². The fourth-order valence-corrected chi connectivity index (χ4v) is 2.46. The smallest absolute Gasteiger partial charge is 0.410 e. The zero-order valence-electron chi connectivity index (χ0n) is 13.7. The lowest BCUT2D eigenvalue weighted by Crippen LogP contribution is -2.39. The van der Waals surface area contributed by atoms with E-state index in [1.165, 1.54) is 11.1 Å². The molecule has 0 fully saturated rings. The number of carbonyl (C=O) groups is 1. The summed E-state index contributed by atoms with van der Waals surface area (Å²) in [4.78, 5) is 14.0. The van der Waals surface area contributed by atoms with E-state index in [1.54, 1.807) is 4.90 Å². The highest BCUT2D eigenvalue weighted by Gasteiger charge is 2.25. The molecule has 0 aromatic heterocycles.